The van der Waals surface area contributed by atoms with Crippen molar-refractivity contribution in [3.63, 3.8) is 0 Å². The maximum absolute atomic E-state index is 4.51. The minimum Gasteiger partial charge on any atom is -0.256 e. The SMILES string of the molecule is BrC1=C2C=CN=c3ccc(Br)cc3=C2CCC1. The molecular weight excluding hydrogens is 342 g/mol. The van der Waals surface area contributed by atoms with Crippen LogP contribution < -0.4 is 10.6 Å². The number of hydrogen-bond donors (Lipinski definition) is 0. The maximum Gasteiger partial charge on any atom is 0.0705 e. The predicted octanol–water partition coefficient (Wildman–Crippen LogP) is 3.58. The molecule has 0 unspecified atom stereocenters. The van der Waals surface area contributed by atoms with Crippen LogP contribution in [0.25, 0.3) is 5.57 Å². The fourth-order valence-corrected chi connectivity index (χ4v) is 3.39. The van der Waals surface area contributed by atoms with Crippen LogP contribution in [-0.2, 0) is 0 Å². The minimum absolute atomic E-state index is 1.07. The van der Waals surface area contributed by atoms with Gasteiger partial charge in [0.1, 0.15) is 0 Å². The average Bonchev–Trinajstić information content (AvgIpc) is 2.50. The van der Waals surface area contributed by atoms with E-state index < -0.39 is 0 Å². The lowest BCUT2D eigenvalue weighted by Gasteiger charge is -2.17. The molecule has 0 N–H and O–H groups in total. The Labute approximate surface area is 117 Å². The van der Waals surface area contributed by atoms with Gasteiger partial charge >= 0.3 is 0 Å². The minimum atomic E-state index is 1.07. The summed E-state index contributed by atoms with van der Waals surface area (Å²) in [6.45, 7) is 0. The first-order valence-electron chi connectivity index (χ1n) is 5.68. The Kier molecular flexibility index (Phi) is 3.05. The van der Waals surface area contributed by atoms with Crippen LogP contribution in [0.3, 0.4) is 0 Å². The highest BCUT2D eigenvalue weighted by Gasteiger charge is 2.16. The monoisotopic (exact) mass is 351 g/mol. The lowest BCUT2D eigenvalue weighted by Crippen LogP contribution is -2.27. The summed E-state index contributed by atoms with van der Waals surface area (Å²) in [6, 6.07) is 6.29. The van der Waals surface area contributed by atoms with Crippen LogP contribution in [0, 0.1) is 0 Å². The smallest absolute Gasteiger partial charge is 0.0705 e. The molecule has 0 fully saturated rings. The van der Waals surface area contributed by atoms with Crippen molar-refractivity contribution in [3.8, 4) is 0 Å². The van der Waals surface area contributed by atoms with E-state index in [-0.39, 0.29) is 0 Å². The summed E-state index contributed by atoms with van der Waals surface area (Å²) in [6.07, 6.45) is 7.49. The van der Waals surface area contributed by atoms with E-state index in [1.807, 2.05) is 12.3 Å². The van der Waals surface area contributed by atoms with E-state index in [2.05, 4.69) is 55.1 Å². The van der Waals surface area contributed by atoms with Gasteiger partial charge in [-0.3, -0.25) is 4.99 Å². The summed E-state index contributed by atoms with van der Waals surface area (Å²) in [5.74, 6) is 0. The van der Waals surface area contributed by atoms with Crippen LogP contribution in [0.15, 0.2) is 50.0 Å². The van der Waals surface area contributed by atoms with E-state index in [1.165, 1.54) is 27.3 Å². The molecule has 1 heterocycles. The summed E-state index contributed by atoms with van der Waals surface area (Å²) in [4.78, 5) is 4.51. The average molecular weight is 353 g/mol. The fourth-order valence-electron chi connectivity index (χ4n) is 2.38. The lowest BCUT2D eigenvalue weighted by molar-refractivity contribution is 0.843. The number of fused-ring (bicyclic) bond motifs is 2. The van der Waals surface area contributed by atoms with E-state index in [0.717, 1.165) is 22.7 Å². The zero-order valence-corrected chi connectivity index (χ0v) is 12.4. The van der Waals surface area contributed by atoms with Crippen LogP contribution in [0.5, 0.6) is 0 Å². The summed E-state index contributed by atoms with van der Waals surface area (Å²) in [7, 11) is 0. The second-order valence-corrected chi connectivity index (χ2v) is 6.13. The van der Waals surface area contributed by atoms with Crippen molar-refractivity contribution in [3.05, 3.63) is 55.6 Å². The van der Waals surface area contributed by atoms with Crippen LogP contribution in [0.4, 0.5) is 0 Å². The molecule has 0 aromatic heterocycles. The van der Waals surface area contributed by atoms with Crippen molar-refractivity contribution in [2.24, 2.45) is 4.99 Å². The third kappa shape index (κ3) is 2.06. The third-order valence-corrected chi connectivity index (χ3v) is 4.50. The summed E-state index contributed by atoms with van der Waals surface area (Å²) in [5, 5.41) is 2.33. The second-order valence-electron chi connectivity index (χ2n) is 4.26. The van der Waals surface area contributed by atoms with Crippen molar-refractivity contribution in [1.82, 2.24) is 0 Å². The van der Waals surface area contributed by atoms with Gasteiger partial charge in [-0.1, -0.05) is 31.9 Å². The van der Waals surface area contributed by atoms with Crippen LogP contribution in [0.1, 0.15) is 19.3 Å². The molecule has 0 saturated heterocycles. The van der Waals surface area contributed by atoms with Crippen molar-refractivity contribution in [2.45, 2.75) is 19.3 Å². The van der Waals surface area contributed by atoms with Gasteiger partial charge in [0.05, 0.1) is 5.36 Å². The Bertz CT molecular complexity index is 653. The second kappa shape index (κ2) is 4.54. The Morgan fingerprint density at radius 3 is 2.88 bits per heavy atom. The van der Waals surface area contributed by atoms with Gasteiger partial charge in [-0.25, -0.2) is 0 Å². The summed E-state index contributed by atoms with van der Waals surface area (Å²) < 4.78 is 2.42. The molecule has 2 aliphatic rings. The number of benzene rings is 1. The summed E-state index contributed by atoms with van der Waals surface area (Å²) >= 11 is 7.23. The van der Waals surface area contributed by atoms with Gasteiger partial charge in [0.25, 0.3) is 0 Å². The standard InChI is InChI=1S/C14H11Br2N/c15-9-4-5-14-12(8-9)10-2-1-3-13(16)11(10)6-7-17-14/h4-8H,1-3H2. The number of nitrogens with zero attached hydrogens (tertiary/aromatic N) is 1. The Morgan fingerprint density at radius 1 is 1.12 bits per heavy atom. The number of rotatable bonds is 0. The molecule has 0 saturated carbocycles. The molecule has 0 bridgehead atoms. The van der Waals surface area contributed by atoms with E-state index in [9.17, 15) is 0 Å². The molecule has 1 nitrogen and oxygen atoms in total. The fraction of sp³-hybridized carbons (Fsp3) is 0.214. The van der Waals surface area contributed by atoms with Crippen LogP contribution in [0.2, 0.25) is 0 Å². The van der Waals surface area contributed by atoms with Crippen molar-refractivity contribution >= 4 is 37.4 Å². The van der Waals surface area contributed by atoms with Crippen LogP contribution >= 0.6 is 31.9 Å². The van der Waals surface area contributed by atoms with Gasteiger partial charge in [-0.15, -0.1) is 0 Å². The Balaban J connectivity index is 2.44. The van der Waals surface area contributed by atoms with E-state index in [1.54, 1.807) is 0 Å². The molecule has 1 aromatic rings. The van der Waals surface area contributed by atoms with E-state index >= 15 is 0 Å². The Morgan fingerprint density at radius 2 is 2.00 bits per heavy atom. The highest BCUT2D eigenvalue weighted by molar-refractivity contribution is 9.11. The molecule has 1 aromatic carbocycles. The van der Waals surface area contributed by atoms with E-state index in [0.29, 0.717) is 0 Å². The van der Waals surface area contributed by atoms with E-state index in [4.69, 9.17) is 0 Å². The quantitative estimate of drug-likeness (QED) is 0.676. The molecule has 0 spiro atoms. The third-order valence-electron chi connectivity index (χ3n) is 3.18. The first kappa shape index (κ1) is 11.4. The topological polar surface area (TPSA) is 12.4 Å². The molecule has 0 amide bonds. The van der Waals surface area contributed by atoms with Gasteiger partial charge < -0.3 is 0 Å². The lowest BCUT2D eigenvalue weighted by atomic mass is 9.91. The molecule has 86 valence electrons. The predicted molar refractivity (Wildman–Crippen MR) is 77.3 cm³/mol. The molecule has 17 heavy (non-hydrogen) atoms. The highest BCUT2D eigenvalue weighted by atomic mass is 79.9. The van der Waals surface area contributed by atoms with Crippen molar-refractivity contribution < 1.29 is 0 Å². The number of allylic oxidation sites excluding steroid dienone is 3. The zero-order valence-electron chi connectivity index (χ0n) is 9.21. The van der Waals surface area contributed by atoms with Gasteiger partial charge in [-0.2, -0.15) is 0 Å². The highest BCUT2D eigenvalue weighted by Crippen LogP contribution is 2.34. The molecule has 1 aliphatic heterocycles. The zero-order chi connectivity index (χ0) is 11.8. The molecule has 1 aliphatic carbocycles. The first-order chi connectivity index (χ1) is 8.25. The van der Waals surface area contributed by atoms with Gasteiger partial charge in [0.2, 0.25) is 0 Å². The normalized spacial score (nSPS) is 18.4. The number of halogens is 2. The van der Waals surface area contributed by atoms with Crippen LogP contribution in [-0.4, -0.2) is 0 Å². The molecule has 0 radical (unpaired) electrons. The maximum atomic E-state index is 4.51. The summed E-state index contributed by atoms with van der Waals surface area (Å²) in [5.41, 5.74) is 2.73. The molecular formula is C14H11Br2N. The molecule has 3 rings (SSSR count). The van der Waals surface area contributed by atoms with Crippen molar-refractivity contribution in [1.29, 1.82) is 0 Å². The Hall–Kier alpha value is -0.670. The largest absolute Gasteiger partial charge is 0.256 e. The van der Waals surface area contributed by atoms with Gasteiger partial charge in [-0.05, 0) is 54.7 Å². The van der Waals surface area contributed by atoms with Gasteiger partial charge in [0, 0.05) is 20.4 Å². The molecule has 0 atom stereocenters. The van der Waals surface area contributed by atoms with Crippen molar-refractivity contribution in [2.75, 3.05) is 0 Å². The first-order valence-corrected chi connectivity index (χ1v) is 7.26. The molecule has 3 heteroatoms. The number of hydrogen-bond acceptors (Lipinski definition) is 1. The van der Waals surface area contributed by atoms with Gasteiger partial charge in [0.15, 0.2) is 0 Å².